The Kier molecular flexibility index (Phi) is 4.65. The van der Waals surface area contributed by atoms with Gasteiger partial charge in [-0.05, 0) is 32.2 Å². The summed E-state index contributed by atoms with van der Waals surface area (Å²) in [5, 5.41) is 14.3. The maximum Gasteiger partial charge on any atom is 0.342 e. The molecule has 2 N–H and O–H groups in total. The number of fused-ring (bicyclic) bond motifs is 1. The third kappa shape index (κ3) is 3.36. The number of carbonyl (C=O) groups is 2. The molecule has 0 saturated carbocycles. The molecule has 0 bridgehead atoms. The third-order valence-electron chi connectivity index (χ3n) is 3.20. The van der Waals surface area contributed by atoms with Crippen molar-refractivity contribution in [2.24, 2.45) is 0 Å². The predicted octanol–water partition coefficient (Wildman–Crippen LogP) is 2.62. The Bertz CT molecular complexity index is 709. The number of hydrogen-bond donors (Lipinski definition) is 2. The van der Waals surface area contributed by atoms with Gasteiger partial charge in [-0.3, -0.25) is 4.79 Å². The van der Waals surface area contributed by atoms with E-state index in [4.69, 9.17) is 4.74 Å². The van der Waals surface area contributed by atoms with Crippen LogP contribution in [-0.4, -0.2) is 29.1 Å². The van der Waals surface area contributed by atoms with Crippen molar-refractivity contribution in [1.82, 2.24) is 5.32 Å². The minimum atomic E-state index is -0.930. The van der Waals surface area contributed by atoms with E-state index in [2.05, 4.69) is 5.32 Å². The molecule has 2 aromatic rings. The fourth-order valence-corrected chi connectivity index (χ4v) is 2.10. The van der Waals surface area contributed by atoms with Crippen molar-refractivity contribution in [1.29, 1.82) is 0 Å². The number of phenolic OH excluding ortho intramolecular Hbond substituents is 1. The highest BCUT2D eigenvalue weighted by Crippen LogP contribution is 2.29. The molecule has 2 rings (SSSR count). The van der Waals surface area contributed by atoms with Gasteiger partial charge in [0.2, 0.25) is 0 Å². The average Bonchev–Trinajstić information content (AvgIpc) is 2.47. The first-order valence-electron chi connectivity index (χ1n) is 7.12. The Morgan fingerprint density at radius 1 is 1.09 bits per heavy atom. The fourth-order valence-electron chi connectivity index (χ4n) is 2.10. The minimum Gasteiger partial charge on any atom is -0.506 e. The molecule has 5 heteroatoms. The van der Waals surface area contributed by atoms with Crippen LogP contribution in [0.2, 0.25) is 0 Å². The van der Waals surface area contributed by atoms with Crippen LogP contribution in [-0.2, 0) is 9.53 Å². The third-order valence-corrected chi connectivity index (χ3v) is 3.20. The fraction of sp³-hybridized carbons (Fsp3) is 0.294. The number of nitrogens with one attached hydrogen (secondary N) is 1. The number of phenols is 1. The second kappa shape index (κ2) is 6.47. The van der Waals surface area contributed by atoms with Gasteiger partial charge >= 0.3 is 5.97 Å². The van der Waals surface area contributed by atoms with E-state index in [1.165, 1.54) is 13.0 Å². The van der Waals surface area contributed by atoms with Crippen LogP contribution >= 0.6 is 0 Å². The lowest BCUT2D eigenvalue weighted by Gasteiger charge is -2.16. The maximum atomic E-state index is 12.1. The lowest BCUT2D eigenvalue weighted by molar-refractivity contribution is -0.129. The first-order valence-corrected chi connectivity index (χ1v) is 7.12. The molecule has 116 valence electrons. The van der Waals surface area contributed by atoms with E-state index in [-0.39, 0.29) is 23.3 Å². The van der Waals surface area contributed by atoms with Crippen LogP contribution in [0.15, 0.2) is 36.4 Å². The van der Waals surface area contributed by atoms with Gasteiger partial charge in [-0.15, -0.1) is 0 Å². The Balaban J connectivity index is 2.20. The lowest BCUT2D eigenvalue weighted by atomic mass is 10.1. The topological polar surface area (TPSA) is 75.6 Å². The number of hydrogen-bond acceptors (Lipinski definition) is 4. The van der Waals surface area contributed by atoms with E-state index in [1.807, 2.05) is 26.0 Å². The highest BCUT2D eigenvalue weighted by Gasteiger charge is 2.22. The monoisotopic (exact) mass is 301 g/mol. The number of esters is 1. The molecule has 0 aromatic heterocycles. The summed E-state index contributed by atoms with van der Waals surface area (Å²) in [6.45, 7) is 5.14. The van der Waals surface area contributed by atoms with E-state index in [9.17, 15) is 14.7 Å². The van der Waals surface area contributed by atoms with E-state index in [0.29, 0.717) is 5.39 Å². The molecule has 5 nitrogen and oxygen atoms in total. The van der Waals surface area contributed by atoms with Gasteiger partial charge in [-0.2, -0.15) is 0 Å². The van der Waals surface area contributed by atoms with Crippen LogP contribution in [0.1, 0.15) is 31.1 Å². The summed E-state index contributed by atoms with van der Waals surface area (Å²) in [6.07, 6.45) is -0.930. The summed E-state index contributed by atoms with van der Waals surface area (Å²) in [5.41, 5.74) is 0.0443. The maximum absolute atomic E-state index is 12.1. The van der Waals surface area contributed by atoms with Crippen LogP contribution in [0.5, 0.6) is 5.75 Å². The summed E-state index contributed by atoms with van der Waals surface area (Å²) in [6, 6.07) is 10.4. The van der Waals surface area contributed by atoms with E-state index < -0.39 is 12.1 Å². The summed E-state index contributed by atoms with van der Waals surface area (Å²) in [4.78, 5) is 23.9. The van der Waals surface area contributed by atoms with Gasteiger partial charge in [-0.1, -0.05) is 30.3 Å². The highest BCUT2D eigenvalue weighted by molar-refractivity contribution is 6.01. The summed E-state index contributed by atoms with van der Waals surface area (Å²) < 4.78 is 5.12. The zero-order valence-electron chi connectivity index (χ0n) is 12.8. The van der Waals surface area contributed by atoms with Crippen molar-refractivity contribution in [2.45, 2.75) is 32.9 Å². The van der Waals surface area contributed by atoms with Gasteiger partial charge < -0.3 is 15.2 Å². The number of rotatable bonds is 4. The molecule has 0 fully saturated rings. The van der Waals surface area contributed by atoms with E-state index in [0.717, 1.165) is 5.39 Å². The SMILES string of the molecule is CC(C)NC(=O)[C@@H](C)OC(=O)c1ccc2ccccc2c1O. The smallest absolute Gasteiger partial charge is 0.342 e. The van der Waals surface area contributed by atoms with Crippen LogP contribution in [0.3, 0.4) is 0 Å². The highest BCUT2D eigenvalue weighted by atomic mass is 16.5. The molecule has 2 aromatic carbocycles. The van der Waals surface area contributed by atoms with Crippen molar-refractivity contribution in [3.8, 4) is 5.75 Å². The Labute approximate surface area is 128 Å². The van der Waals surface area contributed by atoms with Gasteiger partial charge in [0.1, 0.15) is 11.3 Å². The van der Waals surface area contributed by atoms with Gasteiger partial charge in [0.05, 0.1) is 0 Å². The molecule has 22 heavy (non-hydrogen) atoms. The molecule has 0 spiro atoms. The van der Waals surface area contributed by atoms with E-state index in [1.54, 1.807) is 18.2 Å². The average molecular weight is 301 g/mol. The number of ether oxygens (including phenoxy) is 1. The molecule has 1 amide bonds. The lowest BCUT2D eigenvalue weighted by Crippen LogP contribution is -2.39. The quantitative estimate of drug-likeness (QED) is 0.851. The molecule has 0 heterocycles. The van der Waals surface area contributed by atoms with Gasteiger partial charge in [0.15, 0.2) is 6.10 Å². The van der Waals surface area contributed by atoms with Crippen LogP contribution in [0, 0.1) is 0 Å². The molecule has 0 aliphatic heterocycles. The van der Waals surface area contributed by atoms with Gasteiger partial charge in [0, 0.05) is 11.4 Å². The minimum absolute atomic E-state index is 0.0391. The van der Waals surface area contributed by atoms with Gasteiger partial charge in [0.25, 0.3) is 5.91 Å². The normalized spacial score (nSPS) is 12.2. The number of carbonyl (C=O) groups excluding carboxylic acids is 2. The molecule has 0 saturated heterocycles. The first-order chi connectivity index (χ1) is 10.4. The van der Waals surface area contributed by atoms with Crippen molar-refractivity contribution < 1.29 is 19.4 Å². The zero-order valence-corrected chi connectivity index (χ0v) is 12.8. The van der Waals surface area contributed by atoms with Crippen molar-refractivity contribution in [2.75, 3.05) is 0 Å². The summed E-state index contributed by atoms with van der Waals surface area (Å²) in [7, 11) is 0. The molecular weight excluding hydrogens is 282 g/mol. The molecule has 0 aliphatic rings. The first kappa shape index (κ1) is 15.8. The standard InChI is InChI=1S/C17H19NO4/c1-10(2)18-16(20)11(3)22-17(21)14-9-8-12-6-4-5-7-13(12)15(14)19/h4-11,19H,1-3H3,(H,18,20)/t11-/m1/s1. The van der Waals surface area contributed by atoms with Crippen molar-refractivity contribution >= 4 is 22.6 Å². The summed E-state index contributed by atoms with van der Waals surface area (Å²) >= 11 is 0. The van der Waals surface area contributed by atoms with Crippen LogP contribution in [0.4, 0.5) is 0 Å². The van der Waals surface area contributed by atoms with Gasteiger partial charge in [-0.25, -0.2) is 4.79 Å². The second-order valence-electron chi connectivity index (χ2n) is 5.39. The molecule has 0 aliphatic carbocycles. The van der Waals surface area contributed by atoms with E-state index >= 15 is 0 Å². The van der Waals surface area contributed by atoms with Crippen molar-refractivity contribution in [3.05, 3.63) is 42.0 Å². The molecular formula is C17H19NO4. The number of amides is 1. The van der Waals surface area contributed by atoms with Crippen LogP contribution in [0.25, 0.3) is 10.8 Å². The predicted molar refractivity (Wildman–Crippen MR) is 83.8 cm³/mol. The number of benzene rings is 2. The Morgan fingerprint density at radius 2 is 1.77 bits per heavy atom. The molecule has 0 radical (unpaired) electrons. The second-order valence-corrected chi connectivity index (χ2v) is 5.39. The number of aromatic hydroxyl groups is 1. The summed E-state index contributed by atoms with van der Waals surface area (Å²) in [5.74, 6) is -1.24. The molecule has 1 atom stereocenters. The molecule has 0 unspecified atom stereocenters. The largest absolute Gasteiger partial charge is 0.506 e. The Morgan fingerprint density at radius 3 is 2.45 bits per heavy atom. The zero-order chi connectivity index (χ0) is 16.3. The van der Waals surface area contributed by atoms with Crippen molar-refractivity contribution in [3.63, 3.8) is 0 Å². The van der Waals surface area contributed by atoms with Crippen LogP contribution < -0.4 is 5.32 Å². The Hall–Kier alpha value is -2.56.